The van der Waals surface area contributed by atoms with Crippen molar-refractivity contribution in [1.82, 2.24) is 15.0 Å². The molecule has 9 heteroatoms. The molecule has 3 rings (SSSR count). The van der Waals surface area contributed by atoms with E-state index in [4.69, 9.17) is 0 Å². The van der Waals surface area contributed by atoms with E-state index in [0.29, 0.717) is 19.5 Å². The number of carbonyl (C=O) groups is 3. The van der Waals surface area contributed by atoms with Crippen LogP contribution in [0.25, 0.3) is 0 Å². The molecule has 1 aliphatic rings. The number of amides is 3. The average molecular weight is 372 g/mol. The quantitative estimate of drug-likeness (QED) is 0.835. The molecule has 2 heterocycles. The molecular formula is C18H17FN4O4. The van der Waals surface area contributed by atoms with E-state index in [1.165, 1.54) is 53.7 Å². The standard InChI is InChI=1S/C18H17FN4O4/c1-27-17(25)12-7-8-15(20-11-12)16(24)22-9-4-10-23(22)18(26)21-14-6-3-2-5-13(14)19/h2-3,5-8,11H,4,9-10H2,1H3,(H,21,26). The van der Waals surface area contributed by atoms with Gasteiger partial charge in [-0.2, -0.15) is 0 Å². The van der Waals surface area contributed by atoms with E-state index < -0.39 is 23.7 Å². The third kappa shape index (κ3) is 3.86. The number of rotatable bonds is 3. The van der Waals surface area contributed by atoms with Gasteiger partial charge in [-0.1, -0.05) is 12.1 Å². The van der Waals surface area contributed by atoms with Gasteiger partial charge in [-0.15, -0.1) is 0 Å². The zero-order chi connectivity index (χ0) is 19.4. The number of halogens is 1. The summed E-state index contributed by atoms with van der Waals surface area (Å²) < 4.78 is 18.3. The van der Waals surface area contributed by atoms with Crippen molar-refractivity contribution in [3.63, 3.8) is 0 Å². The summed E-state index contributed by atoms with van der Waals surface area (Å²) >= 11 is 0. The minimum absolute atomic E-state index is 0.0300. The van der Waals surface area contributed by atoms with E-state index in [2.05, 4.69) is 15.0 Å². The highest BCUT2D eigenvalue weighted by Crippen LogP contribution is 2.18. The third-order valence-corrected chi connectivity index (χ3v) is 4.02. The summed E-state index contributed by atoms with van der Waals surface area (Å²) in [5.41, 5.74) is 0.320. The van der Waals surface area contributed by atoms with Crippen LogP contribution in [0, 0.1) is 5.82 Å². The van der Waals surface area contributed by atoms with Crippen LogP contribution in [0.4, 0.5) is 14.9 Å². The molecule has 0 atom stereocenters. The summed E-state index contributed by atoms with van der Waals surface area (Å²) in [6.45, 7) is 0.635. The third-order valence-electron chi connectivity index (χ3n) is 4.02. The Kier molecular flexibility index (Phi) is 5.30. The Hall–Kier alpha value is -3.49. The molecule has 0 spiro atoms. The fourth-order valence-electron chi connectivity index (χ4n) is 2.67. The number of para-hydroxylation sites is 1. The number of methoxy groups -OCH3 is 1. The van der Waals surface area contributed by atoms with Crippen molar-refractivity contribution in [2.75, 3.05) is 25.5 Å². The lowest BCUT2D eigenvalue weighted by atomic mass is 10.2. The molecule has 1 aromatic carbocycles. The fraction of sp³-hybridized carbons (Fsp3) is 0.222. The molecular weight excluding hydrogens is 355 g/mol. The van der Waals surface area contributed by atoms with E-state index in [1.54, 1.807) is 6.07 Å². The van der Waals surface area contributed by atoms with Gasteiger partial charge in [-0.25, -0.2) is 24.0 Å². The summed E-state index contributed by atoms with van der Waals surface area (Å²) in [6, 6.07) is 7.97. The molecule has 1 aromatic heterocycles. The molecule has 1 aliphatic heterocycles. The fourth-order valence-corrected chi connectivity index (χ4v) is 2.67. The molecule has 1 N–H and O–H groups in total. The number of nitrogens with zero attached hydrogens (tertiary/aromatic N) is 3. The number of esters is 1. The summed E-state index contributed by atoms with van der Waals surface area (Å²) in [5, 5.41) is 4.92. The topological polar surface area (TPSA) is 91.8 Å². The van der Waals surface area contributed by atoms with Gasteiger partial charge in [0.25, 0.3) is 5.91 Å². The minimum atomic E-state index is -0.614. The second kappa shape index (κ2) is 7.81. The number of anilines is 1. The van der Waals surface area contributed by atoms with Crippen molar-refractivity contribution in [3.05, 3.63) is 59.7 Å². The summed E-state index contributed by atoms with van der Waals surface area (Å²) in [4.78, 5) is 40.6. The highest BCUT2D eigenvalue weighted by Gasteiger charge is 2.32. The van der Waals surface area contributed by atoms with Gasteiger partial charge in [-0.3, -0.25) is 9.78 Å². The van der Waals surface area contributed by atoms with Crippen molar-refractivity contribution < 1.29 is 23.5 Å². The first-order valence-corrected chi connectivity index (χ1v) is 8.20. The molecule has 8 nitrogen and oxygen atoms in total. The second-order valence-electron chi connectivity index (χ2n) is 5.74. The molecule has 0 unspecified atom stereocenters. The summed E-state index contributed by atoms with van der Waals surface area (Å²) in [6.07, 6.45) is 1.82. The first-order chi connectivity index (χ1) is 13.0. The van der Waals surface area contributed by atoms with Crippen LogP contribution in [0.1, 0.15) is 27.3 Å². The lowest BCUT2D eigenvalue weighted by molar-refractivity contribution is 0.0398. The van der Waals surface area contributed by atoms with Crippen LogP contribution in [0.5, 0.6) is 0 Å². The van der Waals surface area contributed by atoms with Crippen molar-refractivity contribution in [3.8, 4) is 0 Å². The lowest BCUT2D eigenvalue weighted by Crippen LogP contribution is -2.47. The van der Waals surface area contributed by atoms with Crippen LogP contribution in [-0.2, 0) is 4.74 Å². The molecule has 140 valence electrons. The van der Waals surface area contributed by atoms with Gasteiger partial charge >= 0.3 is 12.0 Å². The number of hydrazine groups is 1. The molecule has 0 bridgehead atoms. The van der Waals surface area contributed by atoms with Gasteiger partial charge in [0.15, 0.2) is 0 Å². The number of carbonyl (C=O) groups excluding carboxylic acids is 3. The van der Waals surface area contributed by atoms with Crippen molar-refractivity contribution in [2.45, 2.75) is 6.42 Å². The predicted octanol–water partition coefficient (Wildman–Crippen LogP) is 2.30. The number of nitrogens with one attached hydrogen (secondary N) is 1. The molecule has 2 aromatic rings. The Labute approximate surface area is 154 Å². The van der Waals surface area contributed by atoms with Gasteiger partial charge in [0, 0.05) is 19.3 Å². The number of benzene rings is 1. The van der Waals surface area contributed by atoms with Gasteiger partial charge < -0.3 is 10.1 Å². The Morgan fingerprint density at radius 1 is 1.11 bits per heavy atom. The molecule has 0 aliphatic carbocycles. The molecule has 0 radical (unpaired) electrons. The largest absolute Gasteiger partial charge is 0.465 e. The number of hydrogen-bond donors (Lipinski definition) is 1. The van der Waals surface area contributed by atoms with E-state index in [1.807, 2.05) is 0 Å². The van der Waals surface area contributed by atoms with Crippen LogP contribution in [0.2, 0.25) is 0 Å². The zero-order valence-electron chi connectivity index (χ0n) is 14.5. The van der Waals surface area contributed by atoms with Gasteiger partial charge in [0.05, 0.1) is 18.4 Å². The number of ether oxygens (including phenoxy) is 1. The Morgan fingerprint density at radius 2 is 1.85 bits per heavy atom. The summed E-state index contributed by atoms with van der Waals surface area (Å²) in [5.74, 6) is -1.62. The van der Waals surface area contributed by atoms with Crippen LogP contribution < -0.4 is 5.32 Å². The average Bonchev–Trinajstić information content (AvgIpc) is 3.18. The van der Waals surface area contributed by atoms with E-state index in [9.17, 15) is 18.8 Å². The van der Waals surface area contributed by atoms with Gasteiger partial charge in [0.2, 0.25) is 0 Å². The predicted molar refractivity (Wildman–Crippen MR) is 93.4 cm³/mol. The minimum Gasteiger partial charge on any atom is -0.465 e. The number of aromatic nitrogens is 1. The van der Waals surface area contributed by atoms with Crippen LogP contribution in [0.3, 0.4) is 0 Å². The SMILES string of the molecule is COC(=O)c1ccc(C(=O)N2CCCN2C(=O)Nc2ccccc2F)nc1. The molecule has 1 saturated heterocycles. The maximum absolute atomic E-state index is 13.7. The normalized spacial score (nSPS) is 13.4. The molecule has 3 amide bonds. The second-order valence-corrected chi connectivity index (χ2v) is 5.74. The van der Waals surface area contributed by atoms with Crippen LogP contribution in [-0.4, -0.2) is 53.1 Å². The van der Waals surface area contributed by atoms with Crippen LogP contribution >= 0.6 is 0 Å². The Balaban J connectivity index is 1.73. The Morgan fingerprint density at radius 3 is 2.52 bits per heavy atom. The number of pyridine rings is 1. The van der Waals surface area contributed by atoms with E-state index in [-0.39, 0.29) is 16.9 Å². The zero-order valence-corrected chi connectivity index (χ0v) is 14.5. The first-order valence-electron chi connectivity index (χ1n) is 8.20. The number of urea groups is 1. The molecule has 27 heavy (non-hydrogen) atoms. The molecule has 1 fully saturated rings. The summed E-state index contributed by atoms with van der Waals surface area (Å²) in [7, 11) is 1.25. The van der Waals surface area contributed by atoms with Crippen molar-refractivity contribution in [1.29, 1.82) is 0 Å². The monoisotopic (exact) mass is 372 g/mol. The van der Waals surface area contributed by atoms with Gasteiger partial charge in [-0.05, 0) is 30.7 Å². The van der Waals surface area contributed by atoms with E-state index in [0.717, 1.165) is 0 Å². The smallest absolute Gasteiger partial charge is 0.340 e. The maximum atomic E-state index is 13.7. The lowest BCUT2D eigenvalue weighted by Gasteiger charge is -2.27. The maximum Gasteiger partial charge on any atom is 0.340 e. The first kappa shape index (κ1) is 18.3. The van der Waals surface area contributed by atoms with E-state index >= 15 is 0 Å². The highest BCUT2D eigenvalue weighted by molar-refractivity contribution is 5.97. The molecule has 0 saturated carbocycles. The number of hydrogen-bond acceptors (Lipinski definition) is 5. The van der Waals surface area contributed by atoms with Gasteiger partial charge in [0.1, 0.15) is 11.5 Å². The highest BCUT2D eigenvalue weighted by atomic mass is 19.1. The van der Waals surface area contributed by atoms with Crippen molar-refractivity contribution in [2.24, 2.45) is 0 Å². The van der Waals surface area contributed by atoms with Crippen molar-refractivity contribution >= 4 is 23.6 Å². The Bertz CT molecular complexity index is 872. The van der Waals surface area contributed by atoms with Crippen LogP contribution in [0.15, 0.2) is 42.6 Å².